The zero-order valence-corrected chi connectivity index (χ0v) is 12.6. The SMILES string of the molecule is Cc1cccc(OCCNc2ccc3scnc3c2N)c1. The van der Waals surface area contributed by atoms with Crippen LogP contribution in [0.1, 0.15) is 5.56 Å². The van der Waals surface area contributed by atoms with Crippen LogP contribution in [-0.2, 0) is 0 Å². The summed E-state index contributed by atoms with van der Waals surface area (Å²) in [7, 11) is 0. The Kier molecular flexibility index (Phi) is 3.92. The van der Waals surface area contributed by atoms with Gasteiger partial charge in [-0.2, -0.15) is 0 Å². The van der Waals surface area contributed by atoms with Crippen LogP contribution in [0.2, 0.25) is 0 Å². The van der Waals surface area contributed by atoms with E-state index < -0.39 is 0 Å². The molecule has 0 unspecified atom stereocenters. The van der Waals surface area contributed by atoms with Crippen molar-refractivity contribution in [2.75, 3.05) is 24.2 Å². The summed E-state index contributed by atoms with van der Waals surface area (Å²) >= 11 is 1.59. The lowest BCUT2D eigenvalue weighted by molar-refractivity contribution is 0.332. The molecule has 5 heteroatoms. The van der Waals surface area contributed by atoms with Gasteiger partial charge in [-0.15, -0.1) is 11.3 Å². The predicted octanol–water partition coefficient (Wildman–Crippen LogP) is 3.68. The second kappa shape index (κ2) is 6.01. The normalized spacial score (nSPS) is 10.7. The molecule has 3 N–H and O–H groups in total. The van der Waals surface area contributed by atoms with Gasteiger partial charge in [0.25, 0.3) is 0 Å². The Morgan fingerprint density at radius 3 is 3.05 bits per heavy atom. The molecule has 0 fully saturated rings. The summed E-state index contributed by atoms with van der Waals surface area (Å²) in [4.78, 5) is 4.29. The number of aromatic nitrogens is 1. The summed E-state index contributed by atoms with van der Waals surface area (Å²) < 4.78 is 6.81. The summed E-state index contributed by atoms with van der Waals surface area (Å²) in [5.74, 6) is 0.889. The van der Waals surface area contributed by atoms with E-state index in [1.54, 1.807) is 11.3 Å². The monoisotopic (exact) mass is 299 g/mol. The minimum atomic E-state index is 0.581. The quantitative estimate of drug-likeness (QED) is 0.557. The van der Waals surface area contributed by atoms with Crippen molar-refractivity contribution in [1.82, 2.24) is 4.98 Å². The number of nitrogens with zero attached hydrogens (tertiary/aromatic N) is 1. The minimum Gasteiger partial charge on any atom is -0.492 e. The highest BCUT2D eigenvalue weighted by Gasteiger charge is 2.06. The molecule has 0 amide bonds. The van der Waals surface area contributed by atoms with Gasteiger partial charge in [-0.25, -0.2) is 4.98 Å². The number of hydrogen-bond donors (Lipinski definition) is 2. The van der Waals surface area contributed by atoms with E-state index in [1.807, 2.05) is 35.8 Å². The van der Waals surface area contributed by atoms with Gasteiger partial charge in [0.15, 0.2) is 0 Å². The number of benzene rings is 2. The zero-order valence-electron chi connectivity index (χ0n) is 11.8. The third kappa shape index (κ3) is 3.08. The van der Waals surface area contributed by atoms with E-state index in [9.17, 15) is 0 Å². The first kappa shape index (κ1) is 13.7. The smallest absolute Gasteiger partial charge is 0.119 e. The van der Waals surface area contributed by atoms with E-state index in [0.29, 0.717) is 18.8 Å². The lowest BCUT2D eigenvalue weighted by Gasteiger charge is -2.11. The van der Waals surface area contributed by atoms with E-state index in [2.05, 4.69) is 23.3 Å². The standard InChI is InChI=1S/C16H17N3OS/c1-11-3-2-4-12(9-11)20-8-7-18-13-5-6-14-16(15(13)17)19-10-21-14/h2-6,9-10,18H,7-8,17H2,1H3. The molecule has 3 aromatic rings. The van der Waals surface area contributed by atoms with Crippen LogP contribution < -0.4 is 15.8 Å². The van der Waals surface area contributed by atoms with Crippen LogP contribution in [0.5, 0.6) is 5.75 Å². The highest BCUT2D eigenvalue weighted by atomic mass is 32.1. The molecule has 0 aliphatic rings. The van der Waals surface area contributed by atoms with Crippen molar-refractivity contribution in [2.45, 2.75) is 6.92 Å². The molecule has 2 aromatic carbocycles. The van der Waals surface area contributed by atoms with Gasteiger partial charge in [0, 0.05) is 6.54 Å². The lowest BCUT2D eigenvalue weighted by Crippen LogP contribution is -2.12. The van der Waals surface area contributed by atoms with Crippen LogP contribution in [0.4, 0.5) is 11.4 Å². The Hall–Kier alpha value is -2.27. The van der Waals surface area contributed by atoms with Crippen LogP contribution >= 0.6 is 11.3 Å². The summed E-state index contributed by atoms with van der Waals surface area (Å²) in [6.07, 6.45) is 0. The number of aryl methyl sites for hydroxylation is 1. The summed E-state index contributed by atoms with van der Waals surface area (Å²) in [6, 6.07) is 12.1. The van der Waals surface area contributed by atoms with E-state index >= 15 is 0 Å². The Morgan fingerprint density at radius 2 is 2.19 bits per heavy atom. The van der Waals surface area contributed by atoms with Crippen LogP contribution in [0, 0.1) is 6.92 Å². The van der Waals surface area contributed by atoms with Gasteiger partial charge in [0.05, 0.1) is 21.6 Å². The lowest BCUT2D eigenvalue weighted by atomic mass is 10.2. The average molecular weight is 299 g/mol. The topological polar surface area (TPSA) is 60.2 Å². The minimum absolute atomic E-state index is 0.581. The highest BCUT2D eigenvalue weighted by molar-refractivity contribution is 7.16. The maximum Gasteiger partial charge on any atom is 0.119 e. The van der Waals surface area contributed by atoms with E-state index in [1.165, 1.54) is 5.56 Å². The molecular weight excluding hydrogens is 282 g/mol. The third-order valence-electron chi connectivity index (χ3n) is 3.22. The van der Waals surface area contributed by atoms with Gasteiger partial charge < -0.3 is 15.8 Å². The summed E-state index contributed by atoms with van der Waals surface area (Å²) in [5, 5.41) is 3.29. The molecular formula is C16H17N3OS. The van der Waals surface area contributed by atoms with Crippen molar-refractivity contribution < 1.29 is 4.74 Å². The second-order valence-electron chi connectivity index (χ2n) is 4.82. The van der Waals surface area contributed by atoms with Crippen molar-refractivity contribution in [3.8, 4) is 5.75 Å². The summed E-state index contributed by atoms with van der Waals surface area (Å²) in [6.45, 7) is 3.32. The second-order valence-corrected chi connectivity index (χ2v) is 5.70. The first-order chi connectivity index (χ1) is 10.2. The molecule has 0 spiro atoms. The van der Waals surface area contributed by atoms with Gasteiger partial charge in [-0.05, 0) is 36.8 Å². The van der Waals surface area contributed by atoms with Gasteiger partial charge in [-0.3, -0.25) is 0 Å². The van der Waals surface area contributed by atoms with Crippen molar-refractivity contribution in [3.63, 3.8) is 0 Å². The van der Waals surface area contributed by atoms with Crippen LogP contribution in [0.15, 0.2) is 41.9 Å². The number of thiazole rings is 1. The molecule has 21 heavy (non-hydrogen) atoms. The average Bonchev–Trinajstić information content (AvgIpc) is 2.95. The Labute approximate surface area is 127 Å². The maximum absolute atomic E-state index is 6.12. The predicted molar refractivity (Wildman–Crippen MR) is 89.2 cm³/mol. The molecule has 0 aliphatic carbocycles. The largest absolute Gasteiger partial charge is 0.492 e. The Bertz CT molecular complexity index is 754. The molecule has 0 radical (unpaired) electrons. The van der Waals surface area contributed by atoms with Crippen molar-refractivity contribution >= 4 is 32.9 Å². The number of anilines is 2. The fourth-order valence-corrected chi connectivity index (χ4v) is 2.86. The maximum atomic E-state index is 6.12. The Morgan fingerprint density at radius 1 is 1.29 bits per heavy atom. The van der Waals surface area contributed by atoms with Gasteiger partial charge in [0.2, 0.25) is 0 Å². The number of rotatable bonds is 5. The molecule has 0 saturated heterocycles. The first-order valence-corrected chi connectivity index (χ1v) is 7.67. The summed E-state index contributed by atoms with van der Waals surface area (Å²) in [5.41, 5.74) is 11.6. The Balaban J connectivity index is 1.58. The van der Waals surface area contributed by atoms with E-state index in [0.717, 1.165) is 21.7 Å². The number of hydrogen-bond acceptors (Lipinski definition) is 5. The molecule has 108 valence electrons. The fraction of sp³-hybridized carbons (Fsp3) is 0.188. The number of ether oxygens (including phenoxy) is 1. The van der Waals surface area contributed by atoms with Crippen LogP contribution in [-0.4, -0.2) is 18.1 Å². The van der Waals surface area contributed by atoms with Crippen LogP contribution in [0.3, 0.4) is 0 Å². The number of fused-ring (bicyclic) bond motifs is 1. The van der Waals surface area contributed by atoms with Gasteiger partial charge >= 0.3 is 0 Å². The molecule has 1 heterocycles. The zero-order chi connectivity index (χ0) is 14.7. The molecule has 1 aromatic heterocycles. The molecule has 0 saturated carbocycles. The van der Waals surface area contributed by atoms with Gasteiger partial charge in [-0.1, -0.05) is 12.1 Å². The molecule has 0 aliphatic heterocycles. The first-order valence-electron chi connectivity index (χ1n) is 6.79. The molecule has 3 rings (SSSR count). The number of nitrogen functional groups attached to an aromatic ring is 1. The third-order valence-corrected chi connectivity index (χ3v) is 4.01. The molecule has 0 bridgehead atoms. The van der Waals surface area contributed by atoms with E-state index in [4.69, 9.17) is 10.5 Å². The van der Waals surface area contributed by atoms with E-state index in [-0.39, 0.29) is 0 Å². The van der Waals surface area contributed by atoms with Crippen LogP contribution in [0.25, 0.3) is 10.2 Å². The fourth-order valence-electron chi connectivity index (χ4n) is 2.17. The van der Waals surface area contributed by atoms with Crippen molar-refractivity contribution in [1.29, 1.82) is 0 Å². The van der Waals surface area contributed by atoms with Crippen molar-refractivity contribution in [3.05, 3.63) is 47.5 Å². The number of nitrogens with two attached hydrogens (primary N) is 1. The van der Waals surface area contributed by atoms with Crippen molar-refractivity contribution in [2.24, 2.45) is 0 Å². The van der Waals surface area contributed by atoms with Gasteiger partial charge in [0.1, 0.15) is 17.9 Å². The molecule has 4 nitrogen and oxygen atoms in total. The highest BCUT2D eigenvalue weighted by Crippen LogP contribution is 2.29. The molecule has 0 atom stereocenters. The number of nitrogens with one attached hydrogen (secondary N) is 1.